The number of ether oxygens (including phenoxy) is 2. The van der Waals surface area contributed by atoms with Gasteiger partial charge in [-0.1, -0.05) is 13.8 Å². The first-order valence-corrected chi connectivity index (χ1v) is 3.92. The third-order valence-electron chi connectivity index (χ3n) is 2.15. The van der Waals surface area contributed by atoms with E-state index in [1.54, 1.807) is 0 Å². The minimum atomic E-state index is -0.616. The topological polar surface area (TPSA) is 35.5 Å². The van der Waals surface area contributed by atoms with Crippen LogP contribution in [0.4, 0.5) is 0 Å². The first-order valence-electron chi connectivity index (χ1n) is 3.92. The SMILES string of the molecule is CC[C@H]1O[C@@H](OC)C(=O)C1C. The third kappa shape index (κ3) is 1.44. The van der Waals surface area contributed by atoms with Gasteiger partial charge in [0.1, 0.15) is 0 Å². The monoisotopic (exact) mass is 158 g/mol. The van der Waals surface area contributed by atoms with E-state index in [2.05, 4.69) is 0 Å². The van der Waals surface area contributed by atoms with Crippen molar-refractivity contribution in [2.75, 3.05) is 7.11 Å². The highest BCUT2D eigenvalue weighted by Gasteiger charge is 2.39. The highest BCUT2D eigenvalue weighted by Crippen LogP contribution is 2.24. The van der Waals surface area contributed by atoms with Crippen molar-refractivity contribution in [2.24, 2.45) is 5.92 Å². The molecule has 0 bridgehead atoms. The van der Waals surface area contributed by atoms with Gasteiger partial charge in [0.05, 0.1) is 6.10 Å². The second-order valence-electron chi connectivity index (χ2n) is 2.84. The standard InChI is InChI=1S/C8H14O3/c1-4-6-5(2)7(9)8(10-3)11-6/h5-6,8H,4H2,1-3H3/t5?,6-,8-/m1/s1. The molecular formula is C8H14O3. The van der Waals surface area contributed by atoms with Crippen LogP contribution in [0.15, 0.2) is 0 Å². The van der Waals surface area contributed by atoms with E-state index in [4.69, 9.17) is 9.47 Å². The predicted molar refractivity (Wildman–Crippen MR) is 40.1 cm³/mol. The molecule has 0 aromatic rings. The van der Waals surface area contributed by atoms with Crippen LogP contribution in [0.3, 0.4) is 0 Å². The molecule has 0 aliphatic carbocycles. The van der Waals surface area contributed by atoms with E-state index in [1.165, 1.54) is 7.11 Å². The van der Waals surface area contributed by atoms with Gasteiger partial charge in [-0.25, -0.2) is 0 Å². The fourth-order valence-corrected chi connectivity index (χ4v) is 1.36. The van der Waals surface area contributed by atoms with Crippen LogP contribution < -0.4 is 0 Å². The Morgan fingerprint density at radius 3 is 2.55 bits per heavy atom. The van der Waals surface area contributed by atoms with Crippen LogP contribution in [0, 0.1) is 5.92 Å². The summed E-state index contributed by atoms with van der Waals surface area (Å²) in [6.45, 7) is 3.89. The molecule has 3 nitrogen and oxygen atoms in total. The fourth-order valence-electron chi connectivity index (χ4n) is 1.36. The number of hydrogen-bond donors (Lipinski definition) is 0. The van der Waals surface area contributed by atoms with Crippen molar-refractivity contribution in [3.05, 3.63) is 0 Å². The van der Waals surface area contributed by atoms with Crippen molar-refractivity contribution in [1.82, 2.24) is 0 Å². The molecule has 0 aromatic heterocycles. The summed E-state index contributed by atoms with van der Waals surface area (Å²) in [5, 5.41) is 0. The van der Waals surface area contributed by atoms with Gasteiger partial charge in [0.2, 0.25) is 6.29 Å². The summed E-state index contributed by atoms with van der Waals surface area (Å²) < 4.78 is 10.2. The molecule has 3 heteroatoms. The van der Waals surface area contributed by atoms with Gasteiger partial charge in [0.15, 0.2) is 5.78 Å². The zero-order valence-corrected chi connectivity index (χ0v) is 7.16. The molecule has 3 atom stereocenters. The van der Waals surface area contributed by atoms with E-state index in [9.17, 15) is 4.79 Å². The molecule has 0 radical (unpaired) electrons. The molecule has 1 unspecified atom stereocenters. The Hall–Kier alpha value is -0.410. The molecule has 1 aliphatic heterocycles. The summed E-state index contributed by atoms with van der Waals surface area (Å²) in [5.74, 6) is 0.0595. The van der Waals surface area contributed by atoms with Crippen LogP contribution in [0.2, 0.25) is 0 Å². The Morgan fingerprint density at radius 1 is 1.64 bits per heavy atom. The predicted octanol–water partition coefficient (Wildman–Crippen LogP) is 0.973. The van der Waals surface area contributed by atoms with Gasteiger partial charge in [0.25, 0.3) is 0 Å². The second-order valence-corrected chi connectivity index (χ2v) is 2.84. The molecule has 1 fully saturated rings. The fraction of sp³-hybridized carbons (Fsp3) is 0.875. The molecule has 0 spiro atoms. The Labute approximate surface area is 66.7 Å². The van der Waals surface area contributed by atoms with Crippen molar-refractivity contribution in [2.45, 2.75) is 32.7 Å². The molecule has 1 rings (SSSR count). The second kappa shape index (κ2) is 3.32. The van der Waals surface area contributed by atoms with E-state index >= 15 is 0 Å². The van der Waals surface area contributed by atoms with Gasteiger partial charge in [-0.3, -0.25) is 4.79 Å². The number of rotatable bonds is 2. The molecule has 1 aliphatic rings. The third-order valence-corrected chi connectivity index (χ3v) is 2.15. The van der Waals surface area contributed by atoms with Gasteiger partial charge in [0, 0.05) is 13.0 Å². The maximum Gasteiger partial charge on any atom is 0.218 e. The Bertz CT molecular complexity index is 151. The highest BCUT2D eigenvalue weighted by atomic mass is 16.7. The molecule has 1 heterocycles. The lowest BCUT2D eigenvalue weighted by molar-refractivity contribution is -0.150. The van der Waals surface area contributed by atoms with E-state index < -0.39 is 6.29 Å². The van der Waals surface area contributed by atoms with Crippen molar-refractivity contribution < 1.29 is 14.3 Å². The highest BCUT2D eigenvalue weighted by molar-refractivity contribution is 5.86. The number of carbonyl (C=O) groups is 1. The minimum absolute atomic E-state index is 0.00931. The van der Waals surface area contributed by atoms with Crippen LogP contribution in [0.1, 0.15) is 20.3 Å². The Kier molecular flexibility index (Phi) is 2.62. The smallest absolute Gasteiger partial charge is 0.218 e. The number of methoxy groups -OCH3 is 1. The van der Waals surface area contributed by atoms with Crippen molar-refractivity contribution in [3.8, 4) is 0 Å². The number of ketones is 1. The molecule has 0 saturated carbocycles. The Morgan fingerprint density at radius 2 is 2.27 bits per heavy atom. The van der Waals surface area contributed by atoms with Crippen LogP contribution in [-0.4, -0.2) is 25.3 Å². The van der Waals surface area contributed by atoms with Crippen molar-refractivity contribution >= 4 is 5.78 Å². The van der Waals surface area contributed by atoms with E-state index in [0.29, 0.717) is 0 Å². The van der Waals surface area contributed by atoms with Crippen molar-refractivity contribution in [1.29, 1.82) is 0 Å². The molecule has 11 heavy (non-hydrogen) atoms. The van der Waals surface area contributed by atoms with E-state index in [1.807, 2.05) is 13.8 Å². The average Bonchev–Trinajstić information content (AvgIpc) is 2.30. The lowest BCUT2D eigenvalue weighted by Gasteiger charge is -2.09. The zero-order chi connectivity index (χ0) is 8.43. The maximum atomic E-state index is 11.3. The first-order chi connectivity index (χ1) is 5.20. The summed E-state index contributed by atoms with van der Waals surface area (Å²) in [4.78, 5) is 11.3. The number of Topliss-reactive ketones (excluding diaryl/α,β-unsaturated/α-hetero) is 1. The summed E-state index contributed by atoms with van der Waals surface area (Å²) in [6.07, 6.45) is 0.301. The quantitative estimate of drug-likeness (QED) is 0.600. The van der Waals surface area contributed by atoms with Crippen LogP contribution in [0.5, 0.6) is 0 Å². The number of hydrogen-bond acceptors (Lipinski definition) is 3. The number of carbonyl (C=O) groups excluding carboxylic acids is 1. The lowest BCUT2D eigenvalue weighted by Crippen LogP contribution is -2.20. The summed E-state index contributed by atoms with van der Waals surface area (Å²) >= 11 is 0. The van der Waals surface area contributed by atoms with E-state index in [0.717, 1.165) is 6.42 Å². The zero-order valence-electron chi connectivity index (χ0n) is 7.16. The normalized spacial score (nSPS) is 38.1. The summed E-state index contributed by atoms with van der Waals surface area (Å²) in [6, 6.07) is 0. The summed E-state index contributed by atoms with van der Waals surface area (Å²) in [7, 11) is 1.49. The molecule has 1 saturated heterocycles. The van der Waals surface area contributed by atoms with Crippen LogP contribution >= 0.6 is 0 Å². The van der Waals surface area contributed by atoms with Crippen LogP contribution in [0.25, 0.3) is 0 Å². The summed E-state index contributed by atoms with van der Waals surface area (Å²) in [5.41, 5.74) is 0. The van der Waals surface area contributed by atoms with Gasteiger partial charge in [-0.2, -0.15) is 0 Å². The van der Waals surface area contributed by atoms with Gasteiger partial charge in [-0.15, -0.1) is 0 Å². The Balaban J connectivity index is 2.61. The maximum absolute atomic E-state index is 11.3. The molecule has 0 amide bonds. The minimum Gasteiger partial charge on any atom is -0.349 e. The van der Waals surface area contributed by atoms with Crippen LogP contribution in [-0.2, 0) is 14.3 Å². The largest absolute Gasteiger partial charge is 0.349 e. The molecular weight excluding hydrogens is 144 g/mol. The lowest BCUT2D eigenvalue weighted by atomic mass is 10.0. The molecule has 64 valence electrons. The van der Waals surface area contributed by atoms with Gasteiger partial charge >= 0.3 is 0 Å². The van der Waals surface area contributed by atoms with Gasteiger partial charge in [-0.05, 0) is 6.42 Å². The molecule has 0 N–H and O–H groups in total. The average molecular weight is 158 g/mol. The van der Waals surface area contributed by atoms with E-state index in [-0.39, 0.29) is 17.8 Å². The van der Waals surface area contributed by atoms with Crippen molar-refractivity contribution in [3.63, 3.8) is 0 Å². The molecule has 0 aromatic carbocycles. The van der Waals surface area contributed by atoms with Gasteiger partial charge < -0.3 is 9.47 Å². The first kappa shape index (κ1) is 8.68.